The van der Waals surface area contributed by atoms with Crippen LogP contribution >= 0.6 is 11.6 Å². The monoisotopic (exact) mass is 278 g/mol. The molecule has 0 unspecified atom stereocenters. The van der Waals surface area contributed by atoms with E-state index in [1.807, 2.05) is 0 Å². The molecular weight excluding hydrogens is 267 g/mol. The van der Waals surface area contributed by atoms with Gasteiger partial charge in [0.2, 0.25) is 0 Å². The number of hydrogen-bond acceptors (Lipinski definition) is 2. The fraction of sp³-hybridized carbons (Fsp3) is 0.0714. The molecular formula is C14H12ClFN2O. The molecule has 0 heterocycles. The van der Waals surface area contributed by atoms with Crippen LogP contribution in [-0.2, 0) is 6.61 Å². The van der Waals surface area contributed by atoms with Crippen molar-refractivity contribution in [2.24, 2.45) is 5.73 Å². The normalized spacial score (nSPS) is 10.2. The quantitative estimate of drug-likeness (QED) is 0.666. The second-order valence-corrected chi connectivity index (χ2v) is 4.37. The molecule has 2 aromatic rings. The lowest BCUT2D eigenvalue weighted by molar-refractivity contribution is 0.299. The number of nitrogens with two attached hydrogens (primary N) is 1. The van der Waals surface area contributed by atoms with E-state index in [9.17, 15) is 4.39 Å². The number of ether oxygens (including phenoxy) is 1. The van der Waals surface area contributed by atoms with Gasteiger partial charge in [-0.25, -0.2) is 4.39 Å². The molecule has 0 atom stereocenters. The van der Waals surface area contributed by atoms with E-state index in [0.29, 0.717) is 21.9 Å². The standard InChI is InChI=1S/C14H12ClFN2O/c15-10-5-6-11(14(17)18)13(7-10)19-8-9-3-1-2-4-12(9)16/h1-7H,8H2,(H3,17,18). The zero-order chi connectivity index (χ0) is 13.8. The summed E-state index contributed by atoms with van der Waals surface area (Å²) in [5.74, 6) is -0.0997. The Morgan fingerprint density at radius 1 is 1.26 bits per heavy atom. The van der Waals surface area contributed by atoms with Crippen molar-refractivity contribution >= 4 is 17.4 Å². The predicted molar refractivity (Wildman–Crippen MR) is 73.2 cm³/mol. The predicted octanol–water partition coefficient (Wildman–Crippen LogP) is 3.34. The van der Waals surface area contributed by atoms with Gasteiger partial charge >= 0.3 is 0 Å². The third kappa shape index (κ3) is 3.23. The number of amidine groups is 1. The summed E-state index contributed by atoms with van der Waals surface area (Å²) in [7, 11) is 0. The Kier molecular flexibility index (Phi) is 4.02. The van der Waals surface area contributed by atoms with E-state index in [0.717, 1.165) is 0 Å². The molecule has 0 aromatic heterocycles. The van der Waals surface area contributed by atoms with Crippen LogP contribution in [0.1, 0.15) is 11.1 Å². The van der Waals surface area contributed by atoms with Crippen LogP contribution in [0, 0.1) is 11.2 Å². The van der Waals surface area contributed by atoms with Crippen molar-refractivity contribution in [3.05, 3.63) is 64.4 Å². The van der Waals surface area contributed by atoms with E-state index in [1.165, 1.54) is 6.07 Å². The summed E-state index contributed by atoms with van der Waals surface area (Å²) < 4.78 is 19.0. The van der Waals surface area contributed by atoms with Gasteiger partial charge < -0.3 is 10.5 Å². The van der Waals surface area contributed by atoms with E-state index in [1.54, 1.807) is 36.4 Å². The molecule has 0 aliphatic rings. The van der Waals surface area contributed by atoms with Gasteiger partial charge in [0.1, 0.15) is 24.0 Å². The molecule has 3 nitrogen and oxygen atoms in total. The van der Waals surface area contributed by atoms with Gasteiger partial charge in [-0.2, -0.15) is 0 Å². The van der Waals surface area contributed by atoms with E-state index in [-0.39, 0.29) is 18.3 Å². The van der Waals surface area contributed by atoms with Crippen molar-refractivity contribution in [1.82, 2.24) is 0 Å². The first-order valence-corrected chi connectivity index (χ1v) is 5.96. The highest BCUT2D eigenvalue weighted by molar-refractivity contribution is 6.30. The molecule has 0 amide bonds. The number of halogens is 2. The maximum atomic E-state index is 13.5. The van der Waals surface area contributed by atoms with Gasteiger partial charge in [-0.3, -0.25) is 5.41 Å². The zero-order valence-corrected chi connectivity index (χ0v) is 10.7. The Morgan fingerprint density at radius 2 is 2.00 bits per heavy atom. The minimum atomic E-state index is -0.339. The minimum Gasteiger partial charge on any atom is -0.488 e. The number of rotatable bonds is 4. The molecule has 0 bridgehead atoms. The van der Waals surface area contributed by atoms with Crippen molar-refractivity contribution < 1.29 is 9.13 Å². The molecule has 0 saturated carbocycles. The van der Waals surface area contributed by atoms with Crippen LogP contribution in [0.5, 0.6) is 5.75 Å². The van der Waals surface area contributed by atoms with Crippen LogP contribution in [0.3, 0.4) is 0 Å². The van der Waals surface area contributed by atoms with Crippen molar-refractivity contribution in [1.29, 1.82) is 5.41 Å². The number of hydrogen-bond donors (Lipinski definition) is 2. The summed E-state index contributed by atoms with van der Waals surface area (Å²) in [6, 6.07) is 11.1. The summed E-state index contributed by atoms with van der Waals surface area (Å²) >= 11 is 5.87. The number of nitrogen functional groups attached to an aromatic ring is 1. The Labute approximate surface area is 115 Å². The van der Waals surface area contributed by atoms with Crippen LogP contribution < -0.4 is 10.5 Å². The molecule has 0 radical (unpaired) electrons. The first kappa shape index (κ1) is 13.4. The Bertz CT molecular complexity index is 616. The van der Waals surface area contributed by atoms with Gasteiger partial charge in [-0.05, 0) is 24.3 Å². The lowest BCUT2D eigenvalue weighted by Gasteiger charge is -2.11. The first-order valence-electron chi connectivity index (χ1n) is 5.58. The van der Waals surface area contributed by atoms with Gasteiger partial charge in [0, 0.05) is 10.6 Å². The van der Waals surface area contributed by atoms with Crippen molar-refractivity contribution in [2.45, 2.75) is 6.61 Å². The fourth-order valence-electron chi connectivity index (χ4n) is 1.61. The Hall–Kier alpha value is -2.07. The van der Waals surface area contributed by atoms with E-state index < -0.39 is 0 Å². The molecule has 0 aliphatic carbocycles. The molecule has 98 valence electrons. The van der Waals surface area contributed by atoms with Gasteiger partial charge in [0.05, 0.1) is 5.56 Å². The highest BCUT2D eigenvalue weighted by atomic mass is 35.5. The third-order valence-electron chi connectivity index (χ3n) is 2.57. The van der Waals surface area contributed by atoms with Gasteiger partial charge in [-0.15, -0.1) is 0 Å². The maximum absolute atomic E-state index is 13.5. The molecule has 2 rings (SSSR count). The summed E-state index contributed by atoms with van der Waals surface area (Å²) in [6.07, 6.45) is 0. The first-order chi connectivity index (χ1) is 9.08. The molecule has 2 aromatic carbocycles. The van der Waals surface area contributed by atoms with Crippen molar-refractivity contribution in [2.75, 3.05) is 0 Å². The molecule has 19 heavy (non-hydrogen) atoms. The summed E-state index contributed by atoms with van der Waals surface area (Å²) in [5.41, 5.74) is 6.31. The lowest BCUT2D eigenvalue weighted by Crippen LogP contribution is -2.13. The molecule has 0 saturated heterocycles. The maximum Gasteiger partial charge on any atom is 0.132 e. The number of benzene rings is 2. The minimum absolute atomic E-state index is 0.0489. The molecule has 0 spiro atoms. The fourth-order valence-corrected chi connectivity index (χ4v) is 1.77. The highest BCUT2D eigenvalue weighted by Crippen LogP contribution is 2.24. The second kappa shape index (κ2) is 5.71. The van der Waals surface area contributed by atoms with E-state index >= 15 is 0 Å². The van der Waals surface area contributed by atoms with Crippen LogP contribution in [0.2, 0.25) is 5.02 Å². The molecule has 3 N–H and O–H groups in total. The van der Waals surface area contributed by atoms with Crippen LogP contribution in [0.15, 0.2) is 42.5 Å². The second-order valence-electron chi connectivity index (χ2n) is 3.93. The topological polar surface area (TPSA) is 59.1 Å². The van der Waals surface area contributed by atoms with Gasteiger partial charge in [0.15, 0.2) is 0 Å². The Balaban J connectivity index is 2.22. The molecule has 5 heteroatoms. The summed E-state index contributed by atoms with van der Waals surface area (Å²) in [5, 5.41) is 7.92. The van der Waals surface area contributed by atoms with Gasteiger partial charge in [-0.1, -0.05) is 29.8 Å². The van der Waals surface area contributed by atoms with Crippen molar-refractivity contribution in [3.8, 4) is 5.75 Å². The Morgan fingerprint density at radius 3 is 2.68 bits per heavy atom. The summed E-state index contributed by atoms with van der Waals surface area (Å²) in [4.78, 5) is 0. The van der Waals surface area contributed by atoms with Crippen LogP contribution in [-0.4, -0.2) is 5.84 Å². The van der Waals surface area contributed by atoms with Gasteiger partial charge in [0.25, 0.3) is 0 Å². The number of nitrogens with one attached hydrogen (secondary N) is 1. The average Bonchev–Trinajstić information content (AvgIpc) is 2.37. The van der Waals surface area contributed by atoms with Crippen LogP contribution in [0.25, 0.3) is 0 Å². The van der Waals surface area contributed by atoms with Crippen LogP contribution in [0.4, 0.5) is 4.39 Å². The average molecular weight is 279 g/mol. The molecule has 0 fully saturated rings. The largest absolute Gasteiger partial charge is 0.488 e. The van der Waals surface area contributed by atoms with Crippen molar-refractivity contribution in [3.63, 3.8) is 0 Å². The third-order valence-corrected chi connectivity index (χ3v) is 2.81. The highest BCUT2D eigenvalue weighted by Gasteiger charge is 2.09. The lowest BCUT2D eigenvalue weighted by atomic mass is 10.2. The van der Waals surface area contributed by atoms with E-state index in [4.69, 9.17) is 27.5 Å². The smallest absolute Gasteiger partial charge is 0.132 e. The molecule has 0 aliphatic heterocycles. The SMILES string of the molecule is N=C(N)c1ccc(Cl)cc1OCc1ccccc1F. The zero-order valence-electron chi connectivity index (χ0n) is 9.99. The van der Waals surface area contributed by atoms with E-state index in [2.05, 4.69) is 0 Å². The summed E-state index contributed by atoms with van der Waals surface area (Å²) in [6.45, 7) is 0.0489.